The van der Waals surface area contributed by atoms with Crippen LogP contribution in [0.5, 0.6) is 0 Å². The van der Waals surface area contributed by atoms with Gasteiger partial charge in [-0.15, -0.1) is 0 Å². The summed E-state index contributed by atoms with van der Waals surface area (Å²) in [6, 6.07) is 3.19. The van der Waals surface area contributed by atoms with E-state index < -0.39 is 0 Å². The summed E-state index contributed by atoms with van der Waals surface area (Å²) < 4.78 is 5.97. The lowest BCUT2D eigenvalue weighted by Crippen LogP contribution is -1.97. The molecule has 13 heavy (non-hydrogen) atoms. The fourth-order valence-corrected chi connectivity index (χ4v) is 1.35. The average molecular weight is 290 g/mol. The second-order valence-electron chi connectivity index (χ2n) is 2.66. The Bertz CT molecular complexity index is 352. The zero-order valence-electron chi connectivity index (χ0n) is 7.42. The van der Waals surface area contributed by atoms with Crippen molar-refractivity contribution in [3.63, 3.8) is 0 Å². The molecule has 0 radical (unpaired) electrons. The lowest BCUT2D eigenvalue weighted by atomic mass is 10.3. The van der Waals surface area contributed by atoms with Gasteiger partial charge in [0.1, 0.15) is 5.76 Å². The van der Waals surface area contributed by atoms with Crippen molar-refractivity contribution in [3.05, 3.63) is 38.0 Å². The summed E-state index contributed by atoms with van der Waals surface area (Å²) in [6.45, 7) is 2.11. The van der Waals surface area contributed by atoms with Crippen LogP contribution in [0.3, 0.4) is 0 Å². The zero-order chi connectivity index (χ0) is 9.68. The first-order valence-corrected chi connectivity index (χ1v) is 5.28. The lowest BCUT2D eigenvalue weighted by molar-refractivity contribution is 0.497. The second kappa shape index (κ2) is 5.21. The van der Waals surface area contributed by atoms with E-state index in [0.29, 0.717) is 5.76 Å². The van der Waals surface area contributed by atoms with Crippen LogP contribution in [0.2, 0.25) is 0 Å². The van der Waals surface area contributed by atoms with Gasteiger partial charge in [-0.05, 0) is 41.2 Å². The summed E-state index contributed by atoms with van der Waals surface area (Å²) in [5.74, 6) is 0.654. The molecule has 0 fully saturated rings. The molecule has 0 aliphatic heterocycles. The molecule has 0 aliphatic rings. The van der Waals surface area contributed by atoms with Gasteiger partial charge in [-0.3, -0.25) is 0 Å². The van der Waals surface area contributed by atoms with E-state index in [1.54, 1.807) is 6.07 Å². The van der Waals surface area contributed by atoms with Crippen LogP contribution < -0.4 is 5.63 Å². The summed E-state index contributed by atoms with van der Waals surface area (Å²) >= 11 is 2.14. The van der Waals surface area contributed by atoms with E-state index in [4.69, 9.17) is 4.42 Å². The summed E-state index contributed by atoms with van der Waals surface area (Å²) in [5, 5.41) is 0. The maximum Gasteiger partial charge on any atom is 0.336 e. The van der Waals surface area contributed by atoms with Gasteiger partial charge in [0, 0.05) is 6.07 Å². The van der Waals surface area contributed by atoms with E-state index in [1.165, 1.54) is 6.07 Å². The molecule has 0 atom stereocenters. The fraction of sp³-hybridized carbons (Fsp3) is 0.300. The van der Waals surface area contributed by atoms with Crippen LogP contribution in [-0.2, 0) is 0 Å². The molecule has 70 valence electrons. The second-order valence-corrected chi connectivity index (χ2v) is 3.82. The van der Waals surface area contributed by atoms with E-state index in [-0.39, 0.29) is 5.63 Å². The number of unbranched alkanes of at least 4 members (excludes halogenated alkanes) is 1. The molecule has 1 rings (SSSR count). The highest BCUT2D eigenvalue weighted by molar-refractivity contribution is 14.1. The fourth-order valence-electron chi connectivity index (χ4n) is 0.885. The van der Waals surface area contributed by atoms with Gasteiger partial charge in [0.15, 0.2) is 0 Å². The van der Waals surface area contributed by atoms with E-state index in [0.717, 1.165) is 16.4 Å². The van der Waals surface area contributed by atoms with Crippen LogP contribution in [0.1, 0.15) is 25.5 Å². The molecule has 0 N–H and O–H groups in total. The van der Waals surface area contributed by atoms with Crippen molar-refractivity contribution in [2.75, 3.05) is 0 Å². The van der Waals surface area contributed by atoms with Crippen LogP contribution in [0, 0.1) is 3.57 Å². The predicted molar refractivity (Wildman–Crippen MR) is 61.6 cm³/mol. The average Bonchev–Trinajstić information content (AvgIpc) is 2.11. The normalized spacial score (nSPS) is 10.9. The highest BCUT2D eigenvalue weighted by Crippen LogP contribution is 2.11. The maximum atomic E-state index is 10.9. The van der Waals surface area contributed by atoms with Crippen LogP contribution >= 0.6 is 22.6 Å². The standard InChI is InChI=1S/C10H11IO2/c1-2-3-4-5-9-8(11)6-7-10(12)13-9/h4-7H,2-3H2,1H3/b5-4+. The molecule has 0 aliphatic carbocycles. The van der Waals surface area contributed by atoms with Crippen LogP contribution in [0.15, 0.2) is 27.4 Å². The first-order chi connectivity index (χ1) is 6.24. The lowest BCUT2D eigenvalue weighted by Gasteiger charge is -1.94. The van der Waals surface area contributed by atoms with Crippen molar-refractivity contribution in [2.24, 2.45) is 0 Å². The van der Waals surface area contributed by atoms with Gasteiger partial charge < -0.3 is 4.42 Å². The molecule has 0 spiro atoms. The molecular formula is C10H11IO2. The van der Waals surface area contributed by atoms with Crippen molar-refractivity contribution in [2.45, 2.75) is 19.8 Å². The quantitative estimate of drug-likeness (QED) is 0.801. The maximum absolute atomic E-state index is 10.9. The molecule has 0 bridgehead atoms. The molecule has 0 saturated heterocycles. The van der Waals surface area contributed by atoms with Crippen LogP contribution in [-0.4, -0.2) is 0 Å². The third-order valence-corrected chi connectivity index (χ3v) is 2.43. The van der Waals surface area contributed by atoms with E-state index in [2.05, 4.69) is 29.5 Å². The minimum Gasteiger partial charge on any atom is -0.422 e. The van der Waals surface area contributed by atoms with Crippen molar-refractivity contribution in [3.8, 4) is 0 Å². The van der Waals surface area contributed by atoms with Crippen LogP contribution in [0.25, 0.3) is 6.08 Å². The number of allylic oxidation sites excluding steroid dienone is 1. The summed E-state index contributed by atoms with van der Waals surface area (Å²) in [6.07, 6.45) is 5.98. The van der Waals surface area contributed by atoms with E-state index in [1.807, 2.05) is 12.2 Å². The Hall–Kier alpha value is -0.580. The summed E-state index contributed by atoms with van der Waals surface area (Å²) in [5.41, 5.74) is -0.295. The van der Waals surface area contributed by atoms with Gasteiger partial charge in [-0.25, -0.2) is 4.79 Å². The monoisotopic (exact) mass is 290 g/mol. The van der Waals surface area contributed by atoms with Crippen molar-refractivity contribution in [1.82, 2.24) is 0 Å². The first kappa shape index (κ1) is 10.5. The number of halogens is 1. The van der Waals surface area contributed by atoms with Gasteiger partial charge in [0.2, 0.25) is 0 Å². The largest absolute Gasteiger partial charge is 0.422 e. The van der Waals surface area contributed by atoms with E-state index >= 15 is 0 Å². The first-order valence-electron chi connectivity index (χ1n) is 4.20. The number of hydrogen-bond donors (Lipinski definition) is 0. The van der Waals surface area contributed by atoms with Gasteiger partial charge >= 0.3 is 5.63 Å². The Morgan fingerprint density at radius 1 is 1.54 bits per heavy atom. The zero-order valence-corrected chi connectivity index (χ0v) is 9.58. The summed E-state index contributed by atoms with van der Waals surface area (Å²) in [4.78, 5) is 10.9. The third kappa shape index (κ3) is 3.34. The predicted octanol–water partition coefficient (Wildman–Crippen LogP) is 3.06. The minimum absolute atomic E-state index is 0.295. The molecular weight excluding hydrogens is 279 g/mol. The third-order valence-electron chi connectivity index (χ3n) is 1.54. The highest BCUT2D eigenvalue weighted by atomic mass is 127. The van der Waals surface area contributed by atoms with Gasteiger partial charge in [0.05, 0.1) is 3.57 Å². The Balaban J connectivity index is 2.87. The van der Waals surface area contributed by atoms with Gasteiger partial charge in [-0.2, -0.15) is 0 Å². The van der Waals surface area contributed by atoms with Crippen molar-refractivity contribution >= 4 is 28.7 Å². The smallest absolute Gasteiger partial charge is 0.336 e. The molecule has 1 aromatic heterocycles. The minimum atomic E-state index is -0.295. The van der Waals surface area contributed by atoms with E-state index in [9.17, 15) is 4.79 Å². The molecule has 0 aromatic carbocycles. The van der Waals surface area contributed by atoms with Gasteiger partial charge in [-0.1, -0.05) is 19.4 Å². The number of rotatable bonds is 3. The Morgan fingerprint density at radius 3 is 3.00 bits per heavy atom. The Morgan fingerprint density at radius 2 is 2.31 bits per heavy atom. The topological polar surface area (TPSA) is 30.2 Å². The Kier molecular flexibility index (Phi) is 4.21. The molecule has 2 nitrogen and oxygen atoms in total. The molecule has 0 unspecified atom stereocenters. The van der Waals surface area contributed by atoms with Crippen molar-refractivity contribution in [1.29, 1.82) is 0 Å². The molecule has 1 heterocycles. The molecule has 3 heteroatoms. The van der Waals surface area contributed by atoms with Crippen LogP contribution in [0.4, 0.5) is 0 Å². The van der Waals surface area contributed by atoms with Gasteiger partial charge in [0.25, 0.3) is 0 Å². The summed E-state index contributed by atoms with van der Waals surface area (Å²) in [7, 11) is 0. The SMILES string of the molecule is CCC/C=C/c1oc(=O)ccc1I. The highest BCUT2D eigenvalue weighted by Gasteiger charge is 1.97. The number of hydrogen-bond acceptors (Lipinski definition) is 2. The molecule has 0 saturated carbocycles. The van der Waals surface area contributed by atoms with Crippen molar-refractivity contribution < 1.29 is 4.42 Å². The molecule has 1 aromatic rings. The molecule has 0 amide bonds. The Labute approximate surface area is 90.8 Å².